The smallest absolute Gasteiger partial charge is 0.150 e. The average Bonchev–Trinajstić information content (AvgIpc) is 2.15. The van der Waals surface area contributed by atoms with Crippen molar-refractivity contribution in [1.29, 1.82) is 0 Å². The molecule has 0 spiro atoms. The standard InChI is InChI=1S/C10H8O2/c1-2-7-12-10-5-3-9(8-11)4-6-10/h1,3-6,8H,7H2. The number of rotatable bonds is 3. The fourth-order valence-electron chi connectivity index (χ4n) is 0.768. The molecule has 0 fully saturated rings. The first-order chi connectivity index (χ1) is 5.86. The quantitative estimate of drug-likeness (QED) is 0.495. The second kappa shape index (κ2) is 4.20. The van der Waals surface area contributed by atoms with E-state index < -0.39 is 0 Å². The van der Waals surface area contributed by atoms with Crippen molar-refractivity contribution in [2.24, 2.45) is 0 Å². The van der Waals surface area contributed by atoms with Crippen LogP contribution >= 0.6 is 0 Å². The molecule has 2 nitrogen and oxygen atoms in total. The Morgan fingerprint density at radius 1 is 1.42 bits per heavy atom. The minimum Gasteiger partial charge on any atom is -0.481 e. The lowest BCUT2D eigenvalue weighted by Gasteiger charge is -2.00. The van der Waals surface area contributed by atoms with Crippen molar-refractivity contribution in [3.8, 4) is 18.1 Å². The molecule has 0 heterocycles. The highest BCUT2D eigenvalue weighted by molar-refractivity contribution is 5.74. The Morgan fingerprint density at radius 2 is 2.08 bits per heavy atom. The van der Waals surface area contributed by atoms with Crippen LogP contribution in [0.3, 0.4) is 0 Å². The summed E-state index contributed by atoms with van der Waals surface area (Å²) in [5.74, 6) is 3.03. The Bertz CT molecular complexity index is 293. The summed E-state index contributed by atoms with van der Waals surface area (Å²) < 4.78 is 5.10. The van der Waals surface area contributed by atoms with Gasteiger partial charge < -0.3 is 4.74 Å². The van der Waals surface area contributed by atoms with Crippen LogP contribution in [0.15, 0.2) is 24.3 Å². The first-order valence-corrected chi connectivity index (χ1v) is 3.48. The normalized spacial score (nSPS) is 8.58. The SMILES string of the molecule is C#CCOc1ccc(C=O)cc1. The van der Waals surface area contributed by atoms with E-state index in [1.165, 1.54) is 0 Å². The Balaban J connectivity index is 2.66. The summed E-state index contributed by atoms with van der Waals surface area (Å²) in [6, 6.07) is 6.78. The van der Waals surface area contributed by atoms with Gasteiger partial charge >= 0.3 is 0 Å². The van der Waals surface area contributed by atoms with Gasteiger partial charge in [0.2, 0.25) is 0 Å². The third-order valence-corrected chi connectivity index (χ3v) is 1.34. The molecular formula is C10H8O2. The molecule has 60 valence electrons. The van der Waals surface area contributed by atoms with Crippen LogP contribution in [0.1, 0.15) is 10.4 Å². The molecular weight excluding hydrogens is 152 g/mol. The molecule has 0 N–H and O–H groups in total. The summed E-state index contributed by atoms with van der Waals surface area (Å²) in [5, 5.41) is 0. The van der Waals surface area contributed by atoms with E-state index in [2.05, 4.69) is 5.92 Å². The van der Waals surface area contributed by atoms with Crippen molar-refractivity contribution in [3.63, 3.8) is 0 Å². The van der Waals surface area contributed by atoms with Crippen LogP contribution in [-0.4, -0.2) is 12.9 Å². The zero-order valence-electron chi connectivity index (χ0n) is 6.49. The van der Waals surface area contributed by atoms with E-state index in [0.29, 0.717) is 11.3 Å². The molecule has 0 saturated heterocycles. The topological polar surface area (TPSA) is 26.3 Å². The molecule has 1 rings (SSSR count). The molecule has 0 amide bonds. The van der Waals surface area contributed by atoms with Gasteiger partial charge in [0.15, 0.2) is 0 Å². The number of carbonyl (C=O) groups is 1. The summed E-state index contributed by atoms with van der Waals surface area (Å²) in [5.41, 5.74) is 0.628. The van der Waals surface area contributed by atoms with Crippen molar-refractivity contribution in [1.82, 2.24) is 0 Å². The van der Waals surface area contributed by atoms with E-state index in [0.717, 1.165) is 6.29 Å². The van der Waals surface area contributed by atoms with E-state index >= 15 is 0 Å². The van der Waals surface area contributed by atoms with Crippen molar-refractivity contribution in [3.05, 3.63) is 29.8 Å². The van der Waals surface area contributed by atoms with Crippen LogP contribution in [0.5, 0.6) is 5.75 Å². The molecule has 0 aliphatic carbocycles. The lowest BCUT2D eigenvalue weighted by molar-refractivity contribution is 0.112. The van der Waals surface area contributed by atoms with Crippen molar-refractivity contribution < 1.29 is 9.53 Å². The number of ether oxygens (including phenoxy) is 1. The summed E-state index contributed by atoms with van der Waals surface area (Å²) in [6.45, 7) is 0.250. The Morgan fingerprint density at radius 3 is 2.58 bits per heavy atom. The maximum Gasteiger partial charge on any atom is 0.150 e. The molecule has 0 aliphatic heterocycles. The van der Waals surface area contributed by atoms with E-state index in [9.17, 15) is 4.79 Å². The van der Waals surface area contributed by atoms with Gasteiger partial charge in [-0.05, 0) is 24.3 Å². The zero-order valence-corrected chi connectivity index (χ0v) is 6.49. The zero-order chi connectivity index (χ0) is 8.81. The van der Waals surface area contributed by atoms with Crippen LogP contribution in [0.4, 0.5) is 0 Å². The molecule has 0 bridgehead atoms. The molecule has 0 aliphatic rings. The molecule has 0 saturated carbocycles. The van der Waals surface area contributed by atoms with Gasteiger partial charge in [-0.2, -0.15) is 0 Å². The number of carbonyl (C=O) groups excluding carboxylic acids is 1. The van der Waals surface area contributed by atoms with Crippen LogP contribution in [0, 0.1) is 12.3 Å². The lowest BCUT2D eigenvalue weighted by Crippen LogP contribution is -1.92. The van der Waals surface area contributed by atoms with E-state index in [1.807, 2.05) is 0 Å². The summed E-state index contributed by atoms with van der Waals surface area (Å²) >= 11 is 0. The highest BCUT2D eigenvalue weighted by Crippen LogP contribution is 2.10. The molecule has 0 unspecified atom stereocenters. The number of aldehydes is 1. The first kappa shape index (κ1) is 8.35. The highest BCUT2D eigenvalue weighted by Gasteiger charge is 1.91. The Hall–Kier alpha value is -1.75. The maximum atomic E-state index is 10.3. The van der Waals surface area contributed by atoms with Gasteiger partial charge in [0.25, 0.3) is 0 Å². The molecule has 1 aromatic rings. The van der Waals surface area contributed by atoms with Crippen LogP contribution < -0.4 is 4.74 Å². The highest BCUT2D eigenvalue weighted by atomic mass is 16.5. The predicted octanol–water partition coefficient (Wildman–Crippen LogP) is 1.51. The van der Waals surface area contributed by atoms with E-state index in [4.69, 9.17) is 11.2 Å². The largest absolute Gasteiger partial charge is 0.481 e. The maximum absolute atomic E-state index is 10.3. The average molecular weight is 160 g/mol. The molecule has 12 heavy (non-hydrogen) atoms. The fourth-order valence-corrected chi connectivity index (χ4v) is 0.768. The molecule has 1 aromatic carbocycles. The van der Waals surface area contributed by atoms with Crippen LogP contribution in [0.2, 0.25) is 0 Å². The number of benzene rings is 1. The summed E-state index contributed by atoms with van der Waals surface area (Å²) in [6.07, 6.45) is 5.78. The van der Waals surface area contributed by atoms with Gasteiger partial charge in [-0.15, -0.1) is 6.42 Å². The fraction of sp³-hybridized carbons (Fsp3) is 0.100. The van der Waals surface area contributed by atoms with Crippen LogP contribution in [0.25, 0.3) is 0 Å². The van der Waals surface area contributed by atoms with Gasteiger partial charge in [-0.3, -0.25) is 4.79 Å². The van der Waals surface area contributed by atoms with Crippen molar-refractivity contribution >= 4 is 6.29 Å². The van der Waals surface area contributed by atoms with Gasteiger partial charge in [0, 0.05) is 5.56 Å². The van der Waals surface area contributed by atoms with Gasteiger partial charge in [0.05, 0.1) is 0 Å². The molecule has 0 atom stereocenters. The lowest BCUT2D eigenvalue weighted by atomic mass is 10.2. The second-order valence-corrected chi connectivity index (χ2v) is 2.18. The van der Waals surface area contributed by atoms with E-state index in [-0.39, 0.29) is 6.61 Å². The number of hydrogen-bond acceptors (Lipinski definition) is 2. The Kier molecular flexibility index (Phi) is 2.92. The first-order valence-electron chi connectivity index (χ1n) is 3.48. The predicted molar refractivity (Wildman–Crippen MR) is 46.2 cm³/mol. The number of hydrogen-bond donors (Lipinski definition) is 0. The monoisotopic (exact) mass is 160 g/mol. The minimum absolute atomic E-state index is 0.250. The minimum atomic E-state index is 0.250. The summed E-state index contributed by atoms with van der Waals surface area (Å²) in [4.78, 5) is 10.3. The third kappa shape index (κ3) is 2.14. The molecule has 0 aromatic heterocycles. The van der Waals surface area contributed by atoms with Crippen LogP contribution in [-0.2, 0) is 0 Å². The van der Waals surface area contributed by atoms with Gasteiger partial charge in [-0.25, -0.2) is 0 Å². The van der Waals surface area contributed by atoms with E-state index in [1.54, 1.807) is 24.3 Å². The molecule has 0 radical (unpaired) electrons. The summed E-state index contributed by atoms with van der Waals surface area (Å²) in [7, 11) is 0. The number of terminal acetylenes is 1. The third-order valence-electron chi connectivity index (χ3n) is 1.34. The second-order valence-electron chi connectivity index (χ2n) is 2.18. The van der Waals surface area contributed by atoms with Crippen molar-refractivity contribution in [2.75, 3.05) is 6.61 Å². The van der Waals surface area contributed by atoms with Crippen molar-refractivity contribution in [2.45, 2.75) is 0 Å². The van der Waals surface area contributed by atoms with Gasteiger partial charge in [0.1, 0.15) is 18.6 Å². The molecule has 2 heteroatoms. The Labute approximate surface area is 71.2 Å². The van der Waals surface area contributed by atoms with Gasteiger partial charge in [-0.1, -0.05) is 5.92 Å².